The van der Waals surface area contributed by atoms with Crippen molar-refractivity contribution < 1.29 is 0 Å². The smallest absolute Gasteiger partial charge is 0.160 e. The van der Waals surface area contributed by atoms with E-state index in [0.29, 0.717) is 0 Å². The first-order valence-electron chi connectivity index (χ1n) is 20.3. The zero-order valence-corrected chi connectivity index (χ0v) is 33.2. The van der Waals surface area contributed by atoms with Crippen molar-refractivity contribution in [2.24, 2.45) is 9.98 Å². The standard InChI is InChI=1S/C54H41N5/c1-54(2)47-34-39(59-48-26-13-12-21-42(48)45-25-15-33-55-52(45)59)31-32-41(47)43-23-14-24-46(49(43)54)53-57-50(44-22-11-10-20-40(44)37-18-8-5-9-19-37)56-51(58(53)3)38-29-27-36(28-30-38)35-16-6-4-7-17-35/h4-34,53H,1-3H3. The van der Waals surface area contributed by atoms with Gasteiger partial charge in [-0.2, -0.15) is 0 Å². The van der Waals surface area contributed by atoms with Gasteiger partial charge in [0.05, 0.1) is 5.52 Å². The maximum Gasteiger partial charge on any atom is 0.160 e. The number of hydrogen-bond acceptors (Lipinski definition) is 4. The van der Waals surface area contributed by atoms with Crippen LogP contribution in [0.3, 0.4) is 0 Å². The Morgan fingerprint density at radius 1 is 0.525 bits per heavy atom. The Kier molecular flexibility index (Phi) is 8.05. The van der Waals surface area contributed by atoms with Crippen LogP contribution in [0.15, 0.2) is 198 Å². The molecule has 1 atom stereocenters. The van der Waals surface area contributed by atoms with Crippen molar-refractivity contribution in [2.45, 2.75) is 25.4 Å². The van der Waals surface area contributed by atoms with Gasteiger partial charge in [-0.3, -0.25) is 4.57 Å². The molecule has 282 valence electrons. The quantitative estimate of drug-likeness (QED) is 0.169. The molecule has 1 aliphatic carbocycles. The summed E-state index contributed by atoms with van der Waals surface area (Å²) in [5.41, 5.74) is 15.8. The van der Waals surface area contributed by atoms with Gasteiger partial charge < -0.3 is 4.90 Å². The third kappa shape index (κ3) is 5.57. The number of rotatable bonds is 6. The lowest BCUT2D eigenvalue weighted by Gasteiger charge is -2.35. The van der Waals surface area contributed by atoms with Crippen molar-refractivity contribution >= 4 is 33.6 Å². The number of benzene rings is 7. The zero-order chi connectivity index (χ0) is 39.7. The second-order valence-electron chi connectivity index (χ2n) is 16.1. The minimum absolute atomic E-state index is 0.325. The first-order chi connectivity index (χ1) is 29.0. The van der Waals surface area contributed by atoms with Crippen molar-refractivity contribution in [3.05, 3.63) is 216 Å². The van der Waals surface area contributed by atoms with Gasteiger partial charge in [0.2, 0.25) is 0 Å². The van der Waals surface area contributed by atoms with E-state index in [-0.39, 0.29) is 11.6 Å². The number of para-hydroxylation sites is 1. The van der Waals surface area contributed by atoms with Gasteiger partial charge in [-0.05, 0) is 74.8 Å². The lowest BCUT2D eigenvalue weighted by Crippen LogP contribution is -2.37. The molecule has 0 saturated carbocycles. The summed E-state index contributed by atoms with van der Waals surface area (Å²) >= 11 is 0. The lowest BCUT2D eigenvalue weighted by atomic mass is 9.79. The third-order valence-electron chi connectivity index (χ3n) is 12.3. The summed E-state index contributed by atoms with van der Waals surface area (Å²) in [6.07, 6.45) is 1.56. The molecule has 59 heavy (non-hydrogen) atoms. The van der Waals surface area contributed by atoms with Gasteiger partial charge in [-0.15, -0.1) is 0 Å². The number of nitrogens with zero attached hydrogens (tertiary/aromatic N) is 5. The molecule has 1 unspecified atom stereocenters. The molecule has 5 heteroatoms. The molecule has 7 aromatic carbocycles. The van der Waals surface area contributed by atoms with Crippen molar-refractivity contribution in [1.29, 1.82) is 0 Å². The van der Waals surface area contributed by atoms with Gasteiger partial charge in [-0.1, -0.05) is 166 Å². The van der Waals surface area contributed by atoms with E-state index < -0.39 is 0 Å². The predicted molar refractivity (Wildman–Crippen MR) is 243 cm³/mol. The van der Waals surface area contributed by atoms with E-state index in [0.717, 1.165) is 56.2 Å². The highest BCUT2D eigenvalue weighted by Crippen LogP contribution is 2.53. The Labute approximate surface area is 344 Å². The highest BCUT2D eigenvalue weighted by molar-refractivity contribution is 6.15. The zero-order valence-electron chi connectivity index (χ0n) is 33.2. The molecule has 2 aliphatic rings. The van der Waals surface area contributed by atoms with Crippen LogP contribution < -0.4 is 0 Å². The number of pyridine rings is 1. The fourth-order valence-electron chi connectivity index (χ4n) is 9.51. The van der Waals surface area contributed by atoms with Gasteiger partial charge in [0.1, 0.15) is 11.5 Å². The van der Waals surface area contributed by atoms with E-state index in [1.165, 1.54) is 44.3 Å². The Balaban J connectivity index is 1.06. The molecule has 2 aromatic heterocycles. The van der Waals surface area contributed by atoms with Crippen LogP contribution in [0.1, 0.15) is 47.8 Å². The molecule has 0 N–H and O–H groups in total. The summed E-state index contributed by atoms with van der Waals surface area (Å²) < 4.78 is 2.31. The van der Waals surface area contributed by atoms with Crippen molar-refractivity contribution in [2.75, 3.05) is 7.05 Å². The molecule has 9 aromatic rings. The van der Waals surface area contributed by atoms with Gasteiger partial charge in [0.25, 0.3) is 0 Å². The Bertz CT molecular complexity index is 3080. The van der Waals surface area contributed by atoms with E-state index in [2.05, 4.69) is 206 Å². The van der Waals surface area contributed by atoms with E-state index in [9.17, 15) is 0 Å². The van der Waals surface area contributed by atoms with Crippen molar-refractivity contribution in [3.63, 3.8) is 0 Å². The van der Waals surface area contributed by atoms with E-state index in [1.807, 2.05) is 12.3 Å². The van der Waals surface area contributed by atoms with Crippen LogP contribution >= 0.6 is 0 Å². The summed E-state index contributed by atoms with van der Waals surface area (Å²) in [4.78, 5) is 18.2. The maximum atomic E-state index is 5.61. The summed E-state index contributed by atoms with van der Waals surface area (Å²) in [5, 5.41) is 2.36. The SMILES string of the molecule is CN1C(c2ccc(-c3ccccc3)cc2)=NC(c2ccccc2-c2ccccc2)=NC1c1cccc2c1C(C)(C)c1cc(-n3c4ccccc4c4cccnc43)ccc1-2. The van der Waals surface area contributed by atoms with Gasteiger partial charge >= 0.3 is 0 Å². The molecule has 0 amide bonds. The number of hydrogen-bond donors (Lipinski definition) is 0. The highest BCUT2D eigenvalue weighted by Gasteiger charge is 2.41. The summed E-state index contributed by atoms with van der Waals surface area (Å²) in [6.45, 7) is 4.73. The summed E-state index contributed by atoms with van der Waals surface area (Å²) in [6, 6.07) is 64.9. The molecule has 0 radical (unpaired) electrons. The van der Waals surface area contributed by atoms with Crippen LogP contribution in [0, 0.1) is 0 Å². The second kappa shape index (κ2) is 13.6. The molecule has 11 rings (SSSR count). The first-order valence-corrected chi connectivity index (χ1v) is 20.3. The molecule has 3 heterocycles. The van der Waals surface area contributed by atoms with E-state index in [1.54, 1.807) is 0 Å². The number of fused-ring (bicyclic) bond motifs is 6. The van der Waals surface area contributed by atoms with Crippen LogP contribution in [0.4, 0.5) is 0 Å². The van der Waals surface area contributed by atoms with Crippen molar-refractivity contribution in [3.8, 4) is 39.1 Å². The number of aliphatic imine (C=N–C) groups is 2. The Morgan fingerprint density at radius 3 is 1.97 bits per heavy atom. The Morgan fingerprint density at radius 2 is 1.17 bits per heavy atom. The third-order valence-corrected chi connectivity index (χ3v) is 12.3. The van der Waals surface area contributed by atoms with E-state index >= 15 is 0 Å². The van der Waals surface area contributed by atoms with Crippen LogP contribution in [0.5, 0.6) is 0 Å². The average molecular weight is 760 g/mol. The summed E-state index contributed by atoms with van der Waals surface area (Å²) in [5.74, 6) is 1.61. The first kappa shape index (κ1) is 34.8. The van der Waals surface area contributed by atoms with Gasteiger partial charge in [0, 0.05) is 51.8 Å². The topological polar surface area (TPSA) is 45.8 Å². The highest BCUT2D eigenvalue weighted by atomic mass is 15.3. The van der Waals surface area contributed by atoms with E-state index in [4.69, 9.17) is 15.0 Å². The lowest BCUT2D eigenvalue weighted by molar-refractivity contribution is 0.378. The number of aromatic nitrogens is 2. The molecule has 0 bridgehead atoms. The van der Waals surface area contributed by atoms with Crippen LogP contribution in [-0.2, 0) is 5.41 Å². The minimum atomic E-state index is -0.334. The monoisotopic (exact) mass is 759 g/mol. The Hall–Kier alpha value is -7.37. The molecule has 0 saturated heterocycles. The number of amidine groups is 2. The minimum Gasteiger partial charge on any atom is -0.333 e. The normalized spacial score (nSPS) is 15.5. The molecular formula is C54H41N5. The largest absolute Gasteiger partial charge is 0.333 e. The molecule has 0 spiro atoms. The fraction of sp³-hybridized carbons (Fsp3) is 0.0926. The molecule has 5 nitrogen and oxygen atoms in total. The maximum absolute atomic E-state index is 5.61. The predicted octanol–water partition coefficient (Wildman–Crippen LogP) is 12.7. The average Bonchev–Trinajstić information content (AvgIpc) is 3.75. The van der Waals surface area contributed by atoms with Crippen LogP contribution in [0.25, 0.3) is 61.0 Å². The fourth-order valence-corrected chi connectivity index (χ4v) is 9.51. The molecular weight excluding hydrogens is 719 g/mol. The second-order valence-corrected chi connectivity index (χ2v) is 16.1. The van der Waals surface area contributed by atoms with Crippen LogP contribution in [-0.4, -0.2) is 33.2 Å². The van der Waals surface area contributed by atoms with Gasteiger partial charge in [-0.25, -0.2) is 15.0 Å². The van der Waals surface area contributed by atoms with Crippen LogP contribution in [0.2, 0.25) is 0 Å². The summed E-state index contributed by atoms with van der Waals surface area (Å²) in [7, 11) is 2.14. The molecule has 0 fully saturated rings. The van der Waals surface area contributed by atoms with Gasteiger partial charge in [0.15, 0.2) is 12.0 Å². The van der Waals surface area contributed by atoms with Crippen molar-refractivity contribution in [1.82, 2.24) is 14.5 Å². The molecule has 1 aliphatic heterocycles.